The maximum Gasteiger partial charge on any atom is 0.259 e. The second kappa shape index (κ2) is 7.23. The summed E-state index contributed by atoms with van der Waals surface area (Å²) in [5.74, 6) is 0.404. The highest BCUT2D eigenvalue weighted by atomic mass is 16.2. The summed E-state index contributed by atoms with van der Waals surface area (Å²) in [6.45, 7) is 5.05. The van der Waals surface area contributed by atoms with Gasteiger partial charge in [0.1, 0.15) is 0 Å². The average molecular weight is 357 g/mol. The van der Waals surface area contributed by atoms with Crippen LogP contribution in [-0.4, -0.2) is 17.4 Å². The van der Waals surface area contributed by atoms with Crippen molar-refractivity contribution in [2.24, 2.45) is 0 Å². The van der Waals surface area contributed by atoms with Gasteiger partial charge in [-0.05, 0) is 41.7 Å². The molecule has 0 spiro atoms. The highest BCUT2D eigenvalue weighted by molar-refractivity contribution is 6.07. The first-order valence-corrected chi connectivity index (χ1v) is 9.34. The van der Waals surface area contributed by atoms with Crippen molar-refractivity contribution in [2.45, 2.75) is 26.2 Å². The molecular weight excluding hydrogens is 334 g/mol. The van der Waals surface area contributed by atoms with E-state index in [2.05, 4.69) is 42.3 Å². The van der Waals surface area contributed by atoms with E-state index in [0.717, 1.165) is 23.5 Å². The van der Waals surface area contributed by atoms with E-state index in [-0.39, 0.29) is 5.91 Å². The third kappa shape index (κ3) is 3.43. The van der Waals surface area contributed by atoms with E-state index in [1.54, 1.807) is 12.4 Å². The van der Waals surface area contributed by atoms with E-state index in [9.17, 15) is 4.79 Å². The Kier molecular flexibility index (Phi) is 4.63. The van der Waals surface area contributed by atoms with Crippen molar-refractivity contribution in [3.05, 3.63) is 83.7 Å². The van der Waals surface area contributed by atoms with E-state index in [1.807, 2.05) is 41.3 Å². The minimum Gasteiger partial charge on any atom is -0.354 e. The molecule has 0 atom stereocenters. The number of amides is 1. The highest BCUT2D eigenvalue weighted by Gasteiger charge is 2.25. The number of anilines is 3. The van der Waals surface area contributed by atoms with Crippen molar-refractivity contribution in [3.8, 4) is 0 Å². The number of para-hydroxylation sites is 2. The number of hydrogen-bond donors (Lipinski definition) is 1. The quantitative estimate of drug-likeness (QED) is 0.702. The number of hydrogen-bond acceptors (Lipinski definition) is 3. The molecule has 0 unspecified atom stereocenters. The van der Waals surface area contributed by atoms with Gasteiger partial charge in [-0.3, -0.25) is 9.78 Å². The van der Waals surface area contributed by atoms with Gasteiger partial charge in [0, 0.05) is 24.1 Å². The number of fused-ring (bicyclic) bond motifs is 1. The van der Waals surface area contributed by atoms with Gasteiger partial charge in [-0.1, -0.05) is 50.2 Å². The summed E-state index contributed by atoms with van der Waals surface area (Å²) >= 11 is 0. The third-order valence-electron chi connectivity index (χ3n) is 4.98. The molecule has 3 aromatic rings. The first-order chi connectivity index (χ1) is 13.1. The Morgan fingerprint density at radius 1 is 1.07 bits per heavy atom. The first kappa shape index (κ1) is 17.3. The van der Waals surface area contributed by atoms with Crippen LogP contribution in [0.3, 0.4) is 0 Å². The lowest BCUT2D eigenvalue weighted by Gasteiger charge is -2.18. The molecule has 2 aromatic carbocycles. The molecule has 4 rings (SSSR count). The average Bonchev–Trinajstić information content (AvgIpc) is 3.12. The molecule has 0 aliphatic carbocycles. The summed E-state index contributed by atoms with van der Waals surface area (Å²) in [6.07, 6.45) is 4.30. The second-order valence-electron chi connectivity index (χ2n) is 7.16. The number of nitrogens with one attached hydrogen (secondary N) is 1. The van der Waals surface area contributed by atoms with Crippen molar-refractivity contribution in [1.82, 2.24) is 4.98 Å². The van der Waals surface area contributed by atoms with Crippen LogP contribution < -0.4 is 10.2 Å². The maximum absolute atomic E-state index is 13.0. The zero-order chi connectivity index (χ0) is 18.8. The zero-order valence-corrected chi connectivity index (χ0v) is 15.6. The number of carbonyl (C=O) groups excluding carboxylic acids is 1. The SMILES string of the molecule is CC(C)c1ccccc1Nc1cncc(C(=O)N2CCc3ccccc32)c1. The van der Waals surface area contributed by atoms with E-state index < -0.39 is 0 Å². The van der Waals surface area contributed by atoms with Gasteiger partial charge in [0.15, 0.2) is 0 Å². The predicted molar refractivity (Wildman–Crippen MR) is 110 cm³/mol. The lowest BCUT2D eigenvalue weighted by Crippen LogP contribution is -2.29. The number of aromatic nitrogens is 1. The molecule has 0 saturated carbocycles. The molecule has 1 amide bonds. The largest absolute Gasteiger partial charge is 0.354 e. The van der Waals surface area contributed by atoms with Crippen LogP contribution in [-0.2, 0) is 6.42 Å². The van der Waals surface area contributed by atoms with Gasteiger partial charge in [0.25, 0.3) is 5.91 Å². The first-order valence-electron chi connectivity index (χ1n) is 9.34. The van der Waals surface area contributed by atoms with Crippen molar-refractivity contribution < 1.29 is 4.79 Å². The predicted octanol–water partition coefficient (Wildman–Crippen LogP) is 5.15. The summed E-state index contributed by atoms with van der Waals surface area (Å²) in [4.78, 5) is 19.2. The summed E-state index contributed by atoms with van der Waals surface area (Å²) in [5, 5.41) is 3.43. The summed E-state index contributed by atoms with van der Waals surface area (Å²) in [7, 11) is 0. The Morgan fingerprint density at radius 2 is 1.85 bits per heavy atom. The van der Waals surface area contributed by atoms with Gasteiger partial charge < -0.3 is 10.2 Å². The minimum absolute atomic E-state index is 0.00625. The number of carbonyl (C=O) groups is 1. The second-order valence-corrected chi connectivity index (χ2v) is 7.16. The molecule has 2 heterocycles. The van der Waals surface area contributed by atoms with Gasteiger partial charge in [0.05, 0.1) is 17.4 Å². The Hall–Kier alpha value is -3.14. The van der Waals surface area contributed by atoms with Crippen LogP contribution in [0.2, 0.25) is 0 Å². The van der Waals surface area contributed by atoms with Gasteiger partial charge in [-0.15, -0.1) is 0 Å². The maximum atomic E-state index is 13.0. The lowest BCUT2D eigenvalue weighted by molar-refractivity contribution is 0.0989. The van der Waals surface area contributed by atoms with E-state index in [4.69, 9.17) is 0 Å². The molecule has 4 heteroatoms. The van der Waals surface area contributed by atoms with Crippen LogP contribution in [0.15, 0.2) is 67.0 Å². The van der Waals surface area contributed by atoms with Crippen LogP contribution in [0.4, 0.5) is 17.1 Å². The van der Waals surface area contributed by atoms with Crippen molar-refractivity contribution in [2.75, 3.05) is 16.8 Å². The number of nitrogens with zero attached hydrogens (tertiary/aromatic N) is 2. The van der Waals surface area contributed by atoms with Crippen LogP contribution >= 0.6 is 0 Å². The smallest absolute Gasteiger partial charge is 0.259 e. The third-order valence-corrected chi connectivity index (χ3v) is 4.98. The Labute approximate surface area is 159 Å². The molecule has 0 saturated heterocycles. The monoisotopic (exact) mass is 357 g/mol. The Bertz CT molecular complexity index is 981. The van der Waals surface area contributed by atoms with Crippen LogP contribution in [0.5, 0.6) is 0 Å². The number of benzene rings is 2. The minimum atomic E-state index is -0.00625. The normalized spacial score (nSPS) is 12.9. The highest BCUT2D eigenvalue weighted by Crippen LogP contribution is 2.30. The van der Waals surface area contributed by atoms with E-state index in [1.165, 1.54) is 11.1 Å². The molecule has 27 heavy (non-hydrogen) atoms. The summed E-state index contributed by atoms with van der Waals surface area (Å²) in [6, 6.07) is 18.2. The molecular formula is C23H23N3O. The summed E-state index contributed by atoms with van der Waals surface area (Å²) < 4.78 is 0. The van der Waals surface area contributed by atoms with Crippen molar-refractivity contribution >= 4 is 23.0 Å². The summed E-state index contributed by atoms with van der Waals surface area (Å²) in [5.41, 5.74) is 5.93. The fraction of sp³-hybridized carbons (Fsp3) is 0.217. The molecule has 1 aromatic heterocycles. The molecule has 1 N–H and O–H groups in total. The zero-order valence-electron chi connectivity index (χ0n) is 15.6. The van der Waals surface area contributed by atoms with Gasteiger partial charge >= 0.3 is 0 Å². The van der Waals surface area contributed by atoms with Crippen LogP contribution in [0.25, 0.3) is 0 Å². The van der Waals surface area contributed by atoms with E-state index in [0.29, 0.717) is 18.0 Å². The van der Waals surface area contributed by atoms with Crippen molar-refractivity contribution in [1.29, 1.82) is 0 Å². The lowest BCUT2D eigenvalue weighted by atomic mass is 10.0. The van der Waals surface area contributed by atoms with E-state index >= 15 is 0 Å². The van der Waals surface area contributed by atoms with Crippen LogP contribution in [0.1, 0.15) is 41.3 Å². The fourth-order valence-corrected chi connectivity index (χ4v) is 3.60. The Morgan fingerprint density at radius 3 is 2.70 bits per heavy atom. The molecule has 0 bridgehead atoms. The topological polar surface area (TPSA) is 45.2 Å². The van der Waals surface area contributed by atoms with Gasteiger partial charge in [0.2, 0.25) is 0 Å². The standard InChI is InChI=1S/C23H23N3O/c1-16(2)20-8-4-5-9-21(20)25-19-13-18(14-24-15-19)23(27)26-12-11-17-7-3-6-10-22(17)26/h3-10,13-16,25H,11-12H2,1-2H3. The molecule has 4 nitrogen and oxygen atoms in total. The van der Waals surface area contributed by atoms with Crippen LogP contribution in [0, 0.1) is 0 Å². The fourth-order valence-electron chi connectivity index (χ4n) is 3.60. The molecule has 0 radical (unpaired) electrons. The Balaban J connectivity index is 1.60. The molecule has 1 aliphatic heterocycles. The number of pyridine rings is 1. The van der Waals surface area contributed by atoms with Crippen molar-refractivity contribution in [3.63, 3.8) is 0 Å². The number of rotatable bonds is 4. The molecule has 1 aliphatic rings. The van der Waals surface area contributed by atoms with Gasteiger partial charge in [-0.2, -0.15) is 0 Å². The van der Waals surface area contributed by atoms with Gasteiger partial charge in [-0.25, -0.2) is 0 Å². The molecule has 136 valence electrons. The molecule has 0 fully saturated rings.